The highest BCUT2D eigenvalue weighted by molar-refractivity contribution is 5.88. The van der Waals surface area contributed by atoms with Crippen molar-refractivity contribution in [2.24, 2.45) is 0 Å². The monoisotopic (exact) mass is 220 g/mol. The molecule has 0 heterocycles. The summed E-state index contributed by atoms with van der Waals surface area (Å²) in [4.78, 5) is 21.1. The molecule has 1 aromatic carbocycles. The van der Waals surface area contributed by atoms with E-state index in [-0.39, 0.29) is 12.8 Å². The molecular weight excluding hydrogens is 208 g/mol. The zero-order valence-corrected chi connectivity index (χ0v) is 8.90. The first-order chi connectivity index (χ1) is 7.67. The van der Waals surface area contributed by atoms with E-state index in [0.29, 0.717) is 16.9 Å². The van der Waals surface area contributed by atoms with Gasteiger partial charge in [-0.2, -0.15) is 0 Å². The maximum atomic E-state index is 10.7. The molecule has 0 saturated carbocycles. The minimum Gasteiger partial charge on any atom is -0.497 e. The molecule has 0 aliphatic carbocycles. The molecule has 1 N–H and O–H groups in total. The number of allylic oxidation sites excluding steroid dienone is 1. The van der Waals surface area contributed by atoms with Crippen LogP contribution < -0.4 is 4.74 Å². The van der Waals surface area contributed by atoms with Crippen LogP contribution in [-0.4, -0.2) is 24.1 Å². The van der Waals surface area contributed by atoms with Gasteiger partial charge in [-0.25, -0.2) is 4.79 Å². The van der Waals surface area contributed by atoms with Crippen LogP contribution in [0.15, 0.2) is 24.3 Å². The average molecular weight is 220 g/mol. The average Bonchev–Trinajstić information content (AvgIpc) is 2.30. The minimum atomic E-state index is -0.929. The molecule has 0 unspecified atom stereocenters. The number of carboxylic acids is 1. The van der Waals surface area contributed by atoms with E-state index in [1.807, 2.05) is 0 Å². The lowest BCUT2D eigenvalue weighted by atomic mass is 10.0. The maximum absolute atomic E-state index is 10.7. The Labute approximate surface area is 93.2 Å². The highest BCUT2D eigenvalue weighted by Crippen LogP contribution is 2.20. The van der Waals surface area contributed by atoms with E-state index in [4.69, 9.17) is 9.84 Å². The van der Waals surface area contributed by atoms with Gasteiger partial charge < -0.3 is 9.84 Å². The molecule has 0 saturated heterocycles. The fraction of sp³-hybridized carbons (Fsp3) is 0.250. The second kappa shape index (κ2) is 5.73. The molecule has 84 valence electrons. The smallest absolute Gasteiger partial charge is 0.303 e. The number of aliphatic carboxylic acids is 1. The number of hydrogen-bond donors (Lipinski definition) is 1. The van der Waals surface area contributed by atoms with Gasteiger partial charge in [-0.1, -0.05) is 12.1 Å². The van der Waals surface area contributed by atoms with Crippen molar-refractivity contribution >= 4 is 17.5 Å². The number of ether oxygens (including phenoxy) is 1. The number of rotatable bonds is 5. The van der Waals surface area contributed by atoms with Gasteiger partial charge in [0.2, 0.25) is 0 Å². The van der Waals surface area contributed by atoms with Crippen molar-refractivity contribution in [1.29, 1.82) is 0 Å². The lowest BCUT2D eigenvalue weighted by molar-refractivity contribution is -0.136. The Hall–Kier alpha value is -2.06. The predicted octanol–water partition coefficient (Wildman–Crippen LogP) is 1.78. The van der Waals surface area contributed by atoms with Crippen LogP contribution >= 0.6 is 0 Å². The van der Waals surface area contributed by atoms with E-state index < -0.39 is 5.97 Å². The third kappa shape index (κ3) is 3.26. The number of carbonyl (C=O) groups is 1. The summed E-state index contributed by atoms with van der Waals surface area (Å²) in [6, 6.07) is 6.85. The fourth-order valence-electron chi connectivity index (χ4n) is 1.28. The van der Waals surface area contributed by atoms with Gasteiger partial charge in [0.25, 0.3) is 0 Å². The molecule has 1 aromatic rings. The molecule has 16 heavy (non-hydrogen) atoms. The van der Waals surface area contributed by atoms with Gasteiger partial charge in [-0.05, 0) is 24.1 Å². The molecule has 0 fully saturated rings. The molecule has 0 aliphatic heterocycles. The van der Waals surface area contributed by atoms with Crippen LogP contribution in [0.25, 0.3) is 5.57 Å². The highest BCUT2D eigenvalue weighted by atomic mass is 16.5. The van der Waals surface area contributed by atoms with Crippen molar-refractivity contribution in [3.63, 3.8) is 0 Å². The van der Waals surface area contributed by atoms with Crippen molar-refractivity contribution in [3.8, 4) is 5.75 Å². The third-order valence-electron chi connectivity index (χ3n) is 2.15. The molecule has 0 atom stereocenters. The van der Waals surface area contributed by atoms with Crippen molar-refractivity contribution in [2.75, 3.05) is 7.11 Å². The largest absolute Gasteiger partial charge is 0.497 e. The van der Waals surface area contributed by atoms with Crippen LogP contribution in [0, 0.1) is 0 Å². The van der Waals surface area contributed by atoms with Gasteiger partial charge in [-0.3, -0.25) is 4.79 Å². The Morgan fingerprint density at radius 2 is 1.94 bits per heavy atom. The molecule has 0 bridgehead atoms. The number of hydrogen-bond acceptors (Lipinski definition) is 3. The Bertz CT molecular complexity index is 413. The first-order valence-electron chi connectivity index (χ1n) is 4.77. The van der Waals surface area contributed by atoms with Gasteiger partial charge in [0.15, 0.2) is 0 Å². The summed E-state index contributed by atoms with van der Waals surface area (Å²) in [6.07, 6.45) is 0.113. The van der Waals surface area contributed by atoms with Crippen molar-refractivity contribution in [3.05, 3.63) is 29.8 Å². The van der Waals surface area contributed by atoms with Crippen LogP contribution in [0.3, 0.4) is 0 Å². The Kier molecular flexibility index (Phi) is 4.30. The standard InChI is InChI=1S/C12H12O4/c1-16-11-5-2-9(3-6-11)10(8-13)4-7-12(14)15/h2-3,5-6H,4,7H2,1H3,(H,14,15). The summed E-state index contributed by atoms with van der Waals surface area (Å²) in [7, 11) is 1.55. The third-order valence-corrected chi connectivity index (χ3v) is 2.15. The van der Waals surface area contributed by atoms with Gasteiger partial charge in [-0.15, -0.1) is 0 Å². The van der Waals surface area contributed by atoms with Gasteiger partial charge in [0, 0.05) is 5.57 Å². The van der Waals surface area contributed by atoms with Crippen LogP contribution in [0.1, 0.15) is 18.4 Å². The van der Waals surface area contributed by atoms with Crippen LogP contribution in [0.2, 0.25) is 0 Å². The summed E-state index contributed by atoms with van der Waals surface area (Å²) < 4.78 is 4.98. The first kappa shape index (κ1) is 12.0. The topological polar surface area (TPSA) is 63.6 Å². The maximum Gasteiger partial charge on any atom is 0.303 e. The van der Waals surface area contributed by atoms with Gasteiger partial charge >= 0.3 is 5.97 Å². The van der Waals surface area contributed by atoms with E-state index in [2.05, 4.69) is 0 Å². The number of carbonyl (C=O) groups excluding carboxylic acids is 1. The van der Waals surface area contributed by atoms with Gasteiger partial charge in [0.05, 0.1) is 13.5 Å². The van der Waals surface area contributed by atoms with Crippen LogP contribution in [0.4, 0.5) is 0 Å². The quantitative estimate of drug-likeness (QED) is 0.768. The summed E-state index contributed by atoms with van der Waals surface area (Å²) in [5, 5.41) is 8.52. The van der Waals surface area contributed by atoms with Crippen molar-refractivity contribution in [2.45, 2.75) is 12.8 Å². The Morgan fingerprint density at radius 1 is 1.31 bits per heavy atom. The summed E-state index contributed by atoms with van der Waals surface area (Å²) in [6.45, 7) is 0. The molecule has 0 spiro atoms. The number of methoxy groups -OCH3 is 1. The molecular formula is C12H12O4. The predicted molar refractivity (Wildman–Crippen MR) is 59.0 cm³/mol. The zero-order valence-electron chi connectivity index (χ0n) is 8.90. The number of benzene rings is 1. The van der Waals surface area contributed by atoms with E-state index in [1.54, 1.807) is 37.3 Å². The second-order valence-corrected chi connectivity index (χ2v) is 3.20. The first-order valence-corrected chi connectivity index (χ1v) is 4.77. The van der Waals surface area contributed by atoms with E-state index >= 15 is 0 Å². The molecule has 1 rings (SSSR count). The van der Waals surface area contributed by atoms with E-state index in [9.17, 15) is 9.59 Å². The van der Waals surface area contributed by atoms with Crippen LogP contribution in [0.5, 0.6) is 5.75 Å². The van der Waals surface area contributed by atoms with Crippen molar-refractivity contribution in [1.82, 2.24) is 0 Å². The van der Waals surface area contributed by atoms with E-state index in [0.717, 1.165) is 0 Å². The Morgan fingerprint density at radius 3 is 2.38 bits per heavy atom. The molecule has 0 radical (unpaired) electrons. The zero-order chi connectivity index (χ0) is 12.0. The van der Waals surface area contributed by atoms with E-state index in [1.165, 1.54) is 0 Å². The lowest BCUT2D eigenvalue weighted by Gasteiger charge is -2.03. The fourth-order valence-corrected chi connectivity index (χ4v) is 1.28. The molecule has 0 aromatic heterocycles. The Balaban J connectivity index is 2.80. The van der Waals surface area contributed by atoms with Crippen LogP contribution in [-0.2, 0) is 9.59 Å². The minimum absolute atomic E-state index is 0.0728. The molecule has 0 aliphatic rings. The second-order valence-electron chi connectivity index (χ2n) is 3.20. The summed E-state index contributed by atoms with van der Waals surface area (Å²) in [5.74, 6) is 1.53. The normalized spacial score (nSPS) is 9.31. The summed E-state index contributed by atoms with van der Waals surface area (Å²) in [5.41, 5.74) is 1.04. The van der Waals surface area contributed by atoms with Gasteiger partial charge in [0.1, 0.15) is 11.7 Å². The summed E-state index contributed by atoms with van der Waals surface area (Å²) >= 11 is 0. The van der Waals surface area contributed by atoms with Crippen molar-refractivity contribution < 1.29 is 19.4 Å². The molecule has 0 amide bonds. The highest BCUT2D eigenvalue weighted by Gasteiger charge is 2.06. The number of carboxylic acid groups (broad SMARTS) is 1. The molecule has 4 nitrogen and oxygen atoms in total. The lowest BCUT2D eigenvalue weighted by Crippen LogP contribution is -1.96. The SMILES string of the molecule is COc1ccc(C(=C=O)CCC(=O)O)cc1. The molecule has 4 heteroatoms.